The smallest absolute Gasteiger partial charge is 0.289 e. The first-order valence-corrected chi connectivity index (χ1v) is 8.95. The summed E-state index contributed by atoms with van der Waals surface area (Å²) in [6.07, 6.45) is 5.51. The van der Waals surface area contributed by atoms with E-state index in [1.165, 1.54) is 6.26 Å². The van der Waals surface area contributed by atoms with Gasteiger partial charge in [0.1, 0.15) is 5.65 Å². The topological polar surface area (TPSA) is 78.4 Å². The number of hydrogen-bond acceptors (Lipinski definition) is 4. The van der Waals surface area contributed by atoms with Crippen LogP contribution in [0.15, 0.2) is 58.4 Å². The number of nitrogens with one attached hydrogen (secondary N) is 1. The summed E-state index contributed by atoms with van der Waals surface area (Å²) in [6.45, 7) is 3.30. The van der Waals surface area contributed by atoms with Crippen molar-refractivity contribution < 1.29 is 9.21 Å². The summed E-state index contributed by atoms with van der Waals surface area (Å²) >= 11 is 0. The maximum absolute atomic E-state index is 12.4. The van der Waals surface area contributed by atoms with Gasteiger partial charge in [0, 0.05) is 45.6 Å². The molecule has 1 saturated heterocycles. The van der Waals surface area contributed by atoms with Crippen molar-refractivity contribution in [1.29, 1.82) is 0 Å². The largest absolute Gasteiger partial charge is 0.459 e. The zero-order valence-electron chi connectivity index (χ0n) is 15.6. The van der Waals surface area contributed by atoms with Gasteiger partial charge < -0.3 is 23.9 Å². The molecule has 4 rings (SSSR count). The number of imidazole rings is 1. The van der Waals surface area contributed by atoms with Gasteiger partial charge in [-0.25, -0.2) is 4.98 Å². The maximum Gasteiger partial charge on any atom is 0.289 e. The third-order valence-electron chi connectivity index (χ3n) is 4.65. The van der Waals surface area contributed by atoms with Crippen molar-refractivity contribution in [2.45, 2.75) is 6.54 Å². The highest BCUT2D eigenvalue weighted by molar-refractivity contribution is 14.0. The molecule has 1 amide bonds. The predicted molar refractivity (Wildman–Crippen MR) is 117 cm³/mol. The minimum absolute atomic E-state index is 0. The van der Waals surface area contributed by atoms with Crippen molar-refractivity contribution >= 4 is 41.5 Å². The van der Waals surface area contributed by atoms with Crippen LogP contribution < -0.4 is 5.32 Å². The first-order valence-electron chi connectivity index (χ1n) is 8.95. The third-order valence-corrected chi connectivity index (χ3v) is 4.65. The quantitative estimate of drug-likeness (QED) is 0.343. The van der Waals surface area contributed by atoms with Crippen LogP contribution in [0.1, 0.15) is 16.2 Å². The maximum atomic E-state index is 12.4. The lowest BCUT2D eigenvalue weighted by atomic mass is 10.3. The average Bonchev–Trinajstić information content (AvgIpc) is 3.38. The van der Waals surface area contributed by atoms with Gasteiger partial charge in [0.2, 0.25) is 0 Å². The molecule has 1 fully saturated rings. The molecular formula is C19H23IN6O2. The molecule has 0 bridgehead atoms. The van der Waals surface area contributed by atoms with Crippen LogP contribution in [0.3, 0.4) is 0 Å². The van der Waals surface area contributed by atoms with Crippen LogP contribution in [0.4, 0.5) is 0 Å². The van der Waals surface area contributed by atoms with Crippen molar-refractivity contribution in [2.75, 3.05) is 33.2 Å². The molecule has 4 heterocycles. The van der Waals surface area contributed by atoms with E-state index in [0.717, 1.165) is 30.4 Å². The number of aliphatic imine (C=N–C) groups is 1. The predicted octanol–water partition coefficient (Wildman–Crippen LogP) is 2.08. The van der Waals surface area contributed by atoms with Gasteiger partial charge in [0.15, 0.2) is 11.7 Å². The van der Waals surface area contributed by atoms with Gasteiger partial charge in [0.05, 0.1) is 18.5 Å². The number of amides is 1. The molecule has 0 atom stereocenters. The summed E-state index contributed by atoms with van der Waals surface area (Å²) in [7, 11) is 1.77. The Kier molecular flexibility index (Phi) is 6.55. The molecule has 1 aliphatic heterocycles. The highest BCUT2D eigenvalue weighted by Gasteiger charge is 2.25. The SMILES string of the molecule is CN=C(NCc1cn2ccccc2n1)N1CCN(C(=O)c2ccco2)CC1.I. The van der Waals surface area contributed by atoms with Gasteiger partial charge in [-0.1, -0.05) is 6.07 Å². The van der Waals surface area contributed by atoms with E-state index in [2.05, 4.69) is 20.2 Å². The second-order valence-electron chi connectivity index (χ2n) is 6.36. The second-order valence-corrected chi connectivity index (χ2v) is 6.36. The average molecular weight is 494 g/mol. The van der Waals surface area contributed by atoms with Gasteiger partial charge >= 0.3 is 0 Å². The van der Waals surface area contributed by atoms with Gasteiger partial charge in [-0.05, 0) is 24.3 Å². The van der Waals surface area contributed by atoms with Crippen LogP contribution in [0.2, 0.25) is 0 Å². The molecule has 1 aliphatic rings. The van der Waals surface area contributed by atoms with Crippen LogP contribution in [0, 0.1) is 0 Å². The lowest BCUT2D eigenvalue weighted by molar-refractivity contribution is 0.0657. The number of halogens is 1. The Bertz CT molecular complexity index is 911. The summed E-state index contributed by atoms with van der Waals surface area (Å²) in [6, 6.07) is 9.36. The number of pyridine rings is 1. The number of nitrogens with zero attached hydrogens (tertiary/aromatic N) is 5. The standard InChI is InChI=1S/C19H22N6O2.HI/c1-20-19(21-13-15-14-25-7-3-2-6-17(25)22-15)24-10-8-23(9-11-24)18(26)16-5-4-12-27-16;/h2-7,12,14H,8-11,13H2,1H3,(H,20,21);1H. The van der Waals surface area contributed by atoms with E-state index in [4.69, 9.17) is 4.42 Å². The molecule has 0 aromatic carbocycles. The summed E-state index contributed by atoms with van der Waals surface area (Å²) in [5.74, 6) is 1.14. The lowest BCUT2D eigenvalue weighted by Gasteiger charge is -2.36. The van der Waals surface area contributed by atoms with E-state index < -0.39 is 0 Å². The van der Waals surface area contributed by atoms with Crippen molar-refractivity contribution in [3.05, 3.63) is 60.4 Å². The Labute approximate surface area is 180 Å². The zero-order chi connectivity index (χ0) is 18.6. The monoisotopic (exact) mass is 494 g/mol. The second kappa shape index (κ2) is 9.09. The molecular weight excluding hydrogens is 471 g/mol. The van der Waals surface area contributed by atoms with E-state index in [-0.39, 0.29) is 29.9 Å². The number of carbonyl (C=O) groups excluding carboxylic acids is 1. The van der Waals surface area contributed by atoms with Gasteiger partial charge in [0.25, 0.3) is 5.91 Å². The van der Waals surface area contributed by atoms with E-state index in [1.807, 2.05) is 39.9 Å². The third kappa shape index (κ3) is 4.29. The number of guanidine groups is 1. The Morgan fingerprint density at radius 2 is 1.96 bits per heavy atom. The van der Waals surface area contributed by atoms with E-state index >= 15 is 0 Å². The van der Waals surface area contributed by atoms with E-state index in [9.17, 15) is 4.79 Å². The van der Waals surface area contributed by atoms with Crippen LogP contribution in [-0.2, 0) is 6.54 Å². The van der Waals surface area contributed by atoms with Crippen LogP contribution in [0.25, 0.3) is 5.65 Å². The highest BCUT2D eigenvalue weighted by atomic mass is 127. The summed E-state index contributed by atoms with van der Waals surface area (Å²) < 4.78 is 7.21. The van der Waals surface area contributed by atoms with Gasteiger partial charge in [-0.15, -0.1) is 24.0 Å². The molecule has 8 nitrogen and oxygen atoms in total. The number of rotatable bonds is 3. The van der Waals surface area contributed by atoms with Gasteiger partial charge in [-0.3, -0.25) is 9.79 Å². The molecule has 3 aromatic heterocycles. The van der Waals surface area contributed by atoms with Crippen molar-refractivity contribution in [1.82, 2.24) is 24.5 Å². The Balaban J connectivity index is 0.00000225. The fourth-order valence-corrected chi connectivity index (χ4v) is 3.25. The number of hydrogen-bond donors (Lipinski definition) is 1. The molecule has 28 heavy (non-hydrogen) atoms. The van der Waals surface area contributed by atoms with Gasteiger partial charge in [-0.2, -0.15) is 0 Å². The molecule has 148 valence electrons. The molecule has 1 N–H and O–H groups in total. The normalized spacial score (nSPS) is 14.8. The number of furan rings is 1. The number of aromatic nitrogens is 2. The fourth-order valence-electron chi connectivity index (χ4n) is 3.25. The fraction of sp³-hybridized carbons (Fsp3) is 0.316. The molecule has 3 aromatic rings. The van der Waals surface area contributed by atoms with Crippen LogP contribution in [0.5, 0.6) is 0 Å². The lowest BCUT2D eigenvalue weighted by Crippen LogP contribution is -2.53. The number of piperazine rings is 1. The molecule has 0 spiro atoms. The molecule has 0 unspecified atom stereocenters. The number of carbonyl (C=O) groups is 1. The molecule has 9 heteroatoms. The highest BCUT2D eigenvalue weighted by Crippen LogP contribution is 2.10. The molecule has 0 radical (unpaired) electrons. The summed E-state index contributed by atoms with van der Waals surface area (Å²) in [5.41, 5.74) is 1.88. The molecule has 0 aliphatic carbocycles. The van der Waals surface area contributed by atoms with Crippen molar-refractivity contribution in [2.24, 2.45) is 4.99 Å². The van der Waals surface area contributed by atoms with Crippen molar-refractivity contribution in [3.63, 3.8) is 0 Å². The first kappa shape index (κ1) is 20.2. The van der Waals surface area contributed by atoms with Crippen LogP contribution in [-0.4, -0.2) is 64.3 Å². The Morgan fingerprint density at radius 3 is 2.64 bits per heavy atom. The van der Waals surface area contributed by atoms with Crippen LogP contribution >= 0.6 is 24.0 Å². The van der Waals surface area contributed by atoms with E-state index in [0.29, 0.717) is 25.4 Å². The minimum atomic E-state index is -0.0627. The number of fused-ring (bicyclic) bond motifs is 1. The molecule has 0 saturated carbocycles. The summed E-state index contributed by atoms with van der Waals surface area (Å²) in [5, 5.41) is 3.37. The first-order chi connectivity index (χ1) is 13.2. The minimum Gasteiger partial charge on any atom is -0.459 e. The Morgan fingerprint density at radius 1 is 1.18 bits per heavy atom. The zero-order valence-corrected chi connectivity index (χ0v) is 17.9. The summed E-state index contributed by atoms with van der Waals surface area (Å²) in [4.78, 5) is 25.3. The van der Waals surface area contributed by atoms with Crippen molar-refractivity contribution in [3.8, 4) is 0 Å². The van der Waals surface area contributed by atoms with E-state index in [1.54, 1.807) is 19.2 Å². The Hall–Kier alpha value is -2.56.